The fourth-order valence-electron chi connectivity index (χ4n) is 2.09. The largest absolute Gasteiger partial charge is 0.326 e. The molecule has 1 aliphatic heterocycles. The second-order valence-electron chi connectivity index (χ2n) is 4.64. The normalized spacial score (nSPS) is 19.1. The van der Waals surface area contributed by atoms with Gasteiger partial charge in [0.05, 0.1) is 17.1 Å². The molecule has 1 heterocycles. The standard InChI is InChI=1S/C13H15ClN4O/c14-12-5-11(2-1-9(12)6-15)17-13(19)8-18-4-3-10(16)7-18/h1-2,5,10H,3-4,7-8,16H2,(H,17,19)/t10-/m0/s1. The molecule has 0 bridgehead atoms. The third kappa shape index (κ3) is 3.67. The summed E-state index contributed by atoms with van der Waals surface area (Å²) in [5, 5.41) is 11.9. The average molecular weight is 279 g/mol. The molecule has 0 aliphatic carbocycles. The van der Waals surface area contributed by atoms with E-state index >= 15 is 0 Å². The van der Waals surface area contributed by atoms with Crippen LogP contribution < -0.4 is 11.1 Å². The highest BCUT2D eigenvalue weighted by molar-refractivity contribution is 6.32. The summed E-state index contributed by atoms with van der Waals surface area (Å²) in [6, 6.07) is 6.97. The van der Waals surface area contributed by atoms with E-state index in [-0.39, 0.29) is 11.9 Å². The van der Waals surface area contributed by atoms with Crippen molar-refractivity contribution in [2.75, 3.05) is 25.0 Å². The number of nitrogens with two attached hydrogens (primary N) is 1. The van der Waals surface area contributed by atoms with Gasteiger partial charge in [-0.25, -0.2) is 0 Å². The molecule has 1 fully saturated rings. The number of anilines is 1. The monoisotopic (exact) mass is 278 g/mol. The number of nitriles is 1. The van der Waals surface area contributed by atoms with Crippen molar-refractivity contribution in [1.82, 2.24) is 4.90 Å². The fourth-order valence-corrected chi connectivity index (χ4v) is 2.32. The van der Waals surface area contributed by atoms with Gasteiger partial charge in [-0.2, -0.15) is 5.26 Å². The summed E-state index contributed by atoms with van der Waals surface area (Å²) in [6.45, 7) is 1.93. The topological polar surface area (TPSA) is 82.2 Å². The third-order valence-electron chi connectivity index (χ3n) is 3.05. The lowest BCUT2D eigenvalue weighted by molar-refractivity contribution is -0.117. The zero-order valence-corrected chi connectivity index (χ0v) is 11.2. The molecule has 2 rings (SSSR count). The first-order chi connectivity index (χ1) is 9.08. The van der Waals surface area contributed by atoms with Gasteiger partial charge in [-0.1, -0.05) is 11.6 Å². The lowest BCUT2D eigenvalue weighted by Crippen LogP contribution is -2.33. The van der Waals surface area contributed by atoms with E-state index in [0.29, 0.717) is 22.8 Å². The molecule has 1 atom stereocenters. The van der Waals surface area contributed by atoms with Crippen LogP contribution in [0.15, 0.2) is 18.2 Å². The molecule has 0 spiro atoms. The molecule has 6 heteroatoms. The predicted octanol–water partition coefficient (Wildman–Crippen LogP) is 1.18. The Morgan fingerprint density at radius 3 is 3.00 bits per heavy atom. The van der Waals surface area contributed by atoms with Crippen molar-refractivity contribution in [3.8, 4) is 6.07 Å². The van der Waals surface area contributed by atoms with Crippen LogP contribution in [-0.4, -0.2) is 36.5 Å². The van der Waals surface area contributed by atoms with E-state index in [1.165, 1.54) is 0 Å². The van der Waals surface area contributed by atoms with Crippen LogP contribution in [0.1, 0.15) is 12.0 Å². The Labute approximate surface area is 116 Å². The number of carbonyl (C=O) groups excluding carboxylic acids is 1. The Morgan fingerprint density at radius 1 is 1.63 bits per heavy atom. The number of hydrogen-bond donors (Lipinski definition) is 2. The maximum absolute atomic E-state index is 11.8. The van der Waals surface area contributed by atoms with Gasteiger partial charge < -0.3 is 11.1 Å². The molecule has 19 heavy (non-hydrogen) atoms. The van der Waals surface area contributed by atoms with E-state index in [9.17, 15) is 4.79 Å². The molecule has 1 aromatic carbocycles. The summed E-state index contributed by atoms with van der Waals surface area (Å²) in [7, 11) is 0. The number of carbonyl (C=O) groups is 1. The first-order valence-electron chi connectivity index (χ1n) is 6.06. The van der Waals surface area contributed by atoms with Crippen LogP contribution in [0.5, 0.6) is 0 Å². The van der Waals surface area contributed by atoms with Gasteiger partial charge in [0.25, 0.3) is 0 Å². The van der Waals surface area contributed by atoms with E-state index < -0.39 is 0 Å². The highest BCUT2D eigenvalue weighted by atomic mass is 35.5. The molecule has 1 saturated heterocycles. The van der Waals surface area contributed by atoms with Gasteiger partial charge in [0.2, 0.25) is 5.91 Å². The Bertz CT molecular complexity index is 526. The second kappa shape index (κ2) is 6.02. The van der Waals surface area contributed by atoms with E-state index in [0.717, 1.165) is 19.5 Å². The molecule has 5 nitrogen and oxygen atoms in total. The molecule has 0 aromatic heterocycles. The number of likely N-dealkylation sites (tertiary alicyclic amines) is 1. The van der Waals surface area contributed by atoms with Crippen LogP contribution in [0.3, 0.4) is 0 Å². The van der Waals surface area contributed by atoms with Gasteiger partial charge in [0.1, 0.15) is 6.07 Å². The molecule has 0 unspecified atom stereocenters. The summed E-state index contributed by atoms with van der Waals surface area (Å²) >= 11 is 5.90. The van der Waals surface area contributed by atoms with Crippen molar-refractivity contribution in [2.24, 2.45) is 5.73 Å². The van der Waals surface area contributed by atoms with Crippen molar-refractivity contribution in [3.63, 3.8) is 0 Å². The number of amides is 1. The maximum Gasteiger partial charge on any atom is 0.238 e. The lowest BCUT2D eigenvalue weighted by atomic mass is 10.2. The Hall–Kier alpha value is -1.61. The van der Waals surface area contributed by atoms with Gasteiger partial charge in [-0.15, -0.1) is 0 Å². The average Bonchev–Trinajstić information content (AvgIpc) is 2.74. The first-order valence-corrected chi connectivity index (χ1v) is 6.43. The molecule has 0 radical (unpaired) electrons. The number of nitrogens with one attached hydrogen (secondary N) is 1. The van der Waals surface area contributed by atoms with E-state index in [2.05, 4.69) is 5.32 Å². The molecular weight excluding hydrogens is 264 g/mol. The fraction of sp³-hybridized carbons (Fsp3) is 0.385. The maximum atomic E-state index is 11.8. The molecule has 3 N–H and O–H groups in total. The van der Waals surface area contributed by atoms with Crippen LogP contribution in [0.4, 0.5) is 5.69 Å². The van der Waals surface area contributed by atoms with Crippen LogP contribution >= 0.6 is 11.6 Å². The van der Waals surface area contributed by atoms with Gasteiger partial charge >= 0.3 is 0 Å². The second-order valence-corrected chi connectivity index (χ2v) is 5.05. The molecule has 1 aromatic rings. The van der Waals surface area contributed by atoms with E-state index in [1.54, 1.807) is 18.2 Å². The van der Waals surface area contributed by atoms with Crippen LogP contribution in [0, 0.1) is 11.3 Å². The number of rotatable bonds is 3. The quantitative estimate of drug-likeness (QED) is 0.870. The van der Waals surface area contributed by atoms with Crippen LogP contribution in [0.2, 0.25) is 5.02 Å². The minimum atomic E-state index is -0.102. The Morgan fingerprint density at radius 2 is 2.42 bits per heavy atom. The zero-order chi connectivity index (χ0) is 13.8. The molecule has 0 saturated carbocycles. The number of hydrogen-bond acceptors (Lipinski definition) is 4. The lowest BCUT2D eigenvalue weighted by Gasteiger charge is -2.14. The molecular formula is C13H15ClN4O. The SMILES string of the molecule is N#Cc1ccc(NC(=O)CN2CC[C@H](N)C2)cc1Cl. The van der Waals surface area contributed by atoms with Gasteiger partial charge in [-0.3, -0.25) is 9.69 Å². The minimum absolute atomic E-state index is 0.102. The van der Waals surface area contributed by atoms with Gasteiger partial charge in [-0.05, 0) is 24.6 Å². The Balaban J connectivity index is 1.92. The van der Waals surface area contributed by atoms with Gasteiger partial charge in [0, 0.05) is 24.8 Å². The molecule has 1 aliphatic rings. The van der Waals surface area contributed by atoms with Crippen molar-refractivity contribution >= 4 is 23.2 Å². The van der Waals surface area contributed by atoms with Crippen molar-refractivity contribution in [1.29, 1.82) is 5.26 Å². The van der Waals surface area contributed by atoms with E-state index in [1.807, 2.05) is 11.0 Å². The minimum Gasteiger partial charge on any atom is -0.326 e. The van der Waals surface area contributed by atoms with Gasteiger partial charge in [0.15, 0.2) is 0 Å². The van der Waals surface area contributed by atoms with Crippen molar-refractivity contribution in [2.45, 2.75) is 12.5 Å². The molecule has 1 amide bonds. The summed E-state index contributed by atoms with van der Waals surface area (Å²) in [5.74, 6) is -0.102. The van der Waals surface area contributed by atoms with Crippen LogP contribution in [0.25, 0.3) is 0 Å². The number of halogens is 1. The van der Waals surface area contributed by atoms with Crippen LogP contribution in [-0.2, 0) is 4.79 Å². The summed E-state index contributed by atoms with van der Waals surface area (Å²) < 4.78 is 0. The highest BCUT2D eigenvalue weighted by Crippen LogP contribution is 2.20. The Kier molecular flexibility index (Phi) is 4.38. The van der Waals surface area contributed by atoms with Crippen molar-refractivity contribution in [3.05, 3.63) is 28.8 Å². The molecule has 100 valence electrons. The zero-order valence-electron chi connectivity index (χ0n) is 10.4. The summed E-state index contributed by atoms with van der Waals surface area (Å²) in [5.41, 5.74) is 6.77. The first kappa shape index (κ1) is 13.8. The summed E-state index contributed by atoms with van der Waals surface area (Å²) in [6.07, 6.45) is 0.927. The smallest absolute Gasteiger partial charge is 0.238 e. The third-order valence-corrected chi connectivity index (χ3v) is 3.36. The highest BCUT2D eigenvalue weighted by Gasteiger charge is 2.20. The summed E-state index contributed by atoms with van der Waals surface area (Å²) in [4.78, 5) is 13.9. The number of benzene rings is 1. The predicted molar refractivity (Wildman–Crippen MR) is 73.8 cm³/mol. The van der Waals surface area contributed by atoms with E-state index in [4.69, 9.17) is 22.6 Å². The number of nitrogens with zero attached hydrogens (tertiary/aromatic N) is 2. The van der Waals surface area contributed by atoms with Crippen molar-refractivity contribution < 1.29 is 4.79 Å².